The molecule has 2 bridgehead atoms. The molecular weight excluding hydrogens is 462 g/mol. The monoisotopic (exact) mass is 502 g/mol. The lowest BCUT2D eigenvalue weighted by Gasteiger charge is -2.46. The molecule has 0 heterocycles. The minimum Gasteiger partial charge on any atom is -0.459 e. The van der Waals surface area contributed by atoms with Gasteiger partial charge in [0.05, 0.1) is 5.41 Å². The quantitative estimate of drug-likeness (QED) is 0.314. The van der Waals surface area contributed by atoms with E-state index in [9.17, 15) is 36.2 Å². The fourth-order valence-corrected chi connectivity index (χ4v) is 6.15. The third kappa shape index (κ3) is 5.70. The van der Waals surface area contributed by atoms with Crippen molar-refractivity contribution in [3.63, 3.8) is 0 Å². The molecule has 1 N–H and O–H groups in total. The van der Waals surface area contributed by atoms with E-state index in [0.29, 0.717) is 19.3 Å². The zero-order chi connectivity index (χ0) is 26.8. The van der Waals surface area contributed by atoms with E-state index in [1.807, 2.05) is 48.5 Å². The summed E-state index contributed by atoms with van der Waals surface area (Å²) < 4.78 is 85.6. The standard InChI is InChI=1S/C25H40F6O3/c1-19(2,3)14-22(8,20(4,5)6)18(32)34-21(7)11-15-9-16(12-21)17(10-15)13-23(33,24(26,27)28)25(29,30)31/h15-17,33H,9-14H2,1-8H3. The molecule has 0 radical (unpaired) electrons. The van der Waals surface area contributed by atoms with E-state index in [0.717, 1.165) is 0 Å². The molecule has 2 aliphatic rings. The summed E-state index contributed by atoms with van der Waals surface area (Å²) in [5.74, 6) is -1.99. The molecule has 3 nitrogen and oxygen atoms in total. The van der Waals surface area contributed by atoms with Crippen LogP contribution < -0.4 is 0 Å². The number of aliphatic hydroxyl groups is 1. The molecule has 2 aliphatic carbocycles. The van der Waals surface area contributed by atoms with Crippen molar-refractivity contribution in [3.8, 4) is 0 Å². The summed E-state index contributed by atoms with van der Waals surface area (Å²) in [6, 6.07) is 0. The van der Waals surface area contributed by atoms with E-state index in [4.69, 9.17) is 4.74 Å². The Kier molecular flexibility index (Phi) is 7.35. The Morgan fingerprint density at radius 2 is 1.41 bits per heavy atom. The van der Waals surface area contributed by atoms with Gasteiger partial charge < -0.3 is 9.84 Å². The number of carbonyl (C=O) groups is 1. The third-order valence-corrected chi connectivity index (χ3v) is 8.18. The number of rotatable bonds is 5. The molecular formula is C25H40F6O3. The summed E-state index contributed by atoms with van der Waals surface area (Å²) in [6.07, 6.45) is -11.3. The Hall–Kier alpha value is -0.990. The van der Waals surface area contributed by atoms with E-state index in [1.165, 1.54) is 0 Å². The summed E-state index contributed by atoms with van der Waals surface area (Å²) in [7, 11) is 0. The van der Waals surface area contributed by atoms with E-state index < -0.39 is 58.6 Å². The number of alkyl halides is 6. The first-order valence-electron chi connectivity index (χ1n) is 11.9. The Morgan fingerprint density at radius 3 is 1.82 bits per heavy atom. The summed E-state index contributed by atoms with van der Waals surface area (Å²) in [4.78, 5) is 13.5. The molecule has 0 amide bonds. The highest BCUT2D eigenvalue weighted by atomic mass is 19.4. The number of halogens is 6. The number of esters is 1. The van der Waals surface area contributed by atoms with Gasteiger partial charge in [0.25, 0.3) is 5.60 Å². The number of hydrogen-bond acceptors (Lipinski definition) is 3. The van der Waals surface area contributed by atoms with Crippen molar-refractivity contribution in [3.05, 3.63) is 0 Å². The average molecular weight is 503 g/mol. The molecule has 5 atom stereocenters. The van der Waals surface area contributed by atoms with Crippen LogP contribution in [-0.4, -0.2) is 34.6 Å². The van der Waals surface area contributed by atoms with Crippen LogP contribution in [0.1, 0.15) is 93.9 Å². The number of ether oxygens (including phenoxy) is 1. The first-order valence-corrected chi connectivity index (χ1v) is 11.9. The first kappa shape index (κ1) is 29.2. The minimum atomic E-state index is -5.82. The van der Waals surface area contributed by atoms with Crippen LogP contribution in [0.25, 0.3) is 0 Å². The highest BCUT2D eigenvalue weighted by molar-refractivity contribution is 5.78. The summed E-state index contributed by atoms with van der Waals surface area (Å²) in [5, 5.41) is 9.71. The number of fused-ring (bicyclic) bond motifs is 2. The highest BCUT2D eigenvalue weighted by Gasteiger charge is 2.71. The van der Waals surface area contributed by atoms with Crippen LogP contribution in [0.2, 0.25) is 0 Å². The van der Waals surface area contributed by atoms with Crippen molar-refractivity contribution in [2.75, 3.05) is 0 Å². The lowest BCUT2D eigenvalue weighted by atomic mass is 9.61. The Labute approximate surface area is 199 Å². The lowest BCUT2D eigenvalue weighted by Crippen LogP contribution is -2.58. The van der Waals surface area contributed by atoms with Gasteiger partial charge in [-0.3, -0.25) is 4.79 Å². The fraction of sp³-hybridized carbons (Fsp3) is 0.960. The molecule has 34 heavy (non-hydrogen) atoms. The van der Waals surface area contributed by atoms with Crippen LogP contribution in [0.15, 0.2) is 0 Å². The molecule has 2 saturated carbocycles. The second kappa shape index (κ2) is 8.55. The topological polar surface area (TPSA) is 46.5 Å². The molecule has 200 valence electrons. The largest absolute Gasteiger partial charge is 0.459 e. The Morgan fingerprint density at radius 1 is 0.912 bits per heavy atom. The van der Waals surface area contributed by atoms with Crippen molar-refractivity contribution in [2.24, 2.45) is 34.0 Å². The molecule has 0 aromatic rings. The molecule has 0 aromatic carbocycles. The molecule has 0 spiro atoms. The molecule has 5 unspecified atom stereocenters. The molecule has 0 aromatic heterocycles. The van der Waals surface area contributed by atoms with Crippen LogP contribution in [0.3, 0.4) is 0 Å². The third-order valence-electron chi connectivity index (χ3n) is 8.18. The van der Waals surface area contributed by atoms with Crippen molar-refractivity contribution in [1.82, 2.24) is 0 Å². The summed E-state index contributed by atoms with van der Waals surface area (Å²) in [6.45, 7) is 15.5. The van der Waals surface area contributed by atoms with Crippen LogP contribution in [0, 0.1) is 34.0 Å². The van der Waals surface area contributed by atoms with Gasteiger partial charge in [-0.1, -0.05) is 41.5 Å². The maximum Gasteiger partial charge on any atom is 0.426 e. The van der Waals surface area contributed by atoms with E-state index in [-0.39, 0.29) is 24.2 Å². The number of carbonyl (C=O) groups excluding carboxylic acids is 1. The smallest absolute Gasteiger partial charge is 0.426 e. The van der Waals surface area contributed by atoms with Crippen LogP contribution in [0.5, 0.6) is 0 Å². The molecule has 0 saturated heterocycles. The second-order valence-electron chi connectivity index (χ2n) is 13.5. The SMILES string of the molecule is CC(C)(C)CC(C)(C(=O)OC1(C)CC2CC(C1)C(CC(O)(C(F)(F)F)C(F)(F)F)C2)C(C)(C)C. The summed E-state index contributed by atoms with van der Waals surface area (Å²) >= 11 is 0. The average Bonchev–Trinajstić information content (AvgIpc) is 2.83. The van der Waals surface area contributed by atoms with Gasteiger partial charge in [-0.15, -0.1) is 0 Å². The first-order chi connectivity index (χ1) is 14.8. The number of hydrogen-bond donors (Lipinski definition) is 1. The lowest BCUT2D eigenvalue weighted by molar-refractivity contribution is -0.373. The van der Waals surface area contributed by atoms with Crippen molar-refractivity contribution >= 4 is 5.97 Å². The van der Waals surface area contributed by atoms with Crippen molar-refractivity contribution in [2.45, 2.75) is 117 Å². The summed E-state index contributed by atoms with van der Waals surface area (Å²) in [5.41, 5.74) is -7.15. The van der Waals surface area contributed by atoms with Crippen molar-refractivity contribution in [1.29, 1.82) is 0 Å². The molecule has 2 rings (SSSR count). The zero-order valence-electron chi connectivity index (χ0n) is 21.5. The molecule has 2 fully saturated rings. The van der Waals surface area contributed by atoms with Gasteiger partial charge in [-0.05, 0) is 81.0 Å². The fourth-order valence-electron chi connectivity index (χ4n) is 6.15. The van der Waals surface area contributed by atoms with E-state index in [2.05, 4.69) is 0 Å². The van der Waals surface area contributed by atoms with Crippen LogP contribution in [0.4, 0.5) is 26.3 Å². The Balaban J connectivity index is 2.24. The predicted octanol–water partition coefficient (Wildman–Crippen LogP) is 7.46. The highest BCUT2D eigenvalue weighted by Crippen LogP contribution is 2.57. The zero-order valence-corrected chi connectivity index (χ0v) is 21.5. The van der Waals surface area contributed by atoms with E-state index >= 15 is 0 Å². The van der Waals surface area contributed by atoms with Gasteiger partial charge in [0, 0.05) is 0 Å². The van der Waals surface area contributed by atoms with Gasteiger partial charge in [0.15, 0.2) is 0 Å². The maximum absolute atomic E-state index is 13.5. The van der Waals surface area contributed by atoms with Crippen LogP contribution in [-0.2, 0) is 9.53 Å². The second-order valence-corrected chi connectivity index (χ2v) is 13.5. The van der Waals surface area contributed by atoms with Crippen molar-refractivity contribution < 1.29 is 41.0 Å². The van der Waals surface area contributed by atoms with Gasteiger partial charge in [0.1, 0.15) is 5.60 Å². The van der Waals surface area contributed by atoms with Crippen LogP contribution >= 0.6 is 0 Å². The van der Waals surface area contributed by atoms with Gasteiger partial charge >= 0.3 is 18.3 Å². The molecule has 9 heteroatoms. The Bertz CT molecular complexity index is 747. The molecule has 0 aliphatic heterocycles. The van der Waals surface area contributed by atoms with E-state index in [1.54, 1.807) is 6.92 Å². The normalized spacial score (nSPS) is 30.7. The van der Waals surface area contributed by atoms with Gasteiger partial charge in [-0.25, -0.2) is 0 Å². The predicted molar refractivity (Wildman–Crippen MR) is 117 cm³/mol. The van der Waals surface area contributed by atoms with Gasteiger partial charge in [-0.2, -0.15) is 26.3 Å². The maximum atomic E-state index is 13.5. The minimum absolute atomic E-state index is 0.144. The van der Waals surface area contributed by atoms with Gasteiger partial charge in [0.2, 0.25) is 0 Å².